The van der Waals surface area contributed by atoms with Gasteiger partial charge in [0.25, 0.3) is 0 Å². The Morgan fingerprint density at radius 2 is 2.06 bits per heavy atom. The van der Waals surface area contributed by atoms with Gasteiger partial charge in [0, 0.05) is 6.20 Å². The summed E-state index contributed by atoms with van der Waals surface area (Å²) in [5.74, 6) is 0.487. The lowest BCUT2D eigenvalue weighted by atomic mass is 10.2. The van der Waals surface area contributed by atoms with Gasteiger partial charge in [0.05, 0.1) is 11.4 Å². The second kappa shape index (κ2) is 3.58. The van der Waals surface area contributed by atoms with Crippen molar-refractivity contribution in [2.75, 3.05) is 0 Å². The molecule has 0 saturated heterocycles. The van der Waals surface area contributed by atoms with Gasteiger partial charge >= 0.3 is 6.18 Å². The summed E-state index contributed by atoms with van der Waals surface area (Å²) in [5, 5.41) is 5.48. The minimum atomic E-state index is -4.45. The number of aromatic nitrogens is 4. The summed E-state index contributed by atoms with van der Waals surface area (Å²) in [7, 11) is 0. The zero-order chi connectivity index (χ0) is 11.8. The first-order chi connectivity index (χ1) is 7.47. The summed E-state index contributed by atoms with van der Waals surface area (Å²) in [6.45, 7) is 1.66. The molecule has 0 aliphatic rings. The van der Waals surface area contributed by atoms with Gasteiger partial charge in [-0.15, -0.1) is 0 Å². The molecule has 0 amide bonds. The first-order valence-corrected chi connectivity index (χ1v) is 4.39. The van der Waals surface area contributed by atoms with Crippen LogP contribution < -0.4 is 0 Å². The Labute approximate surface area is 88.6 Å². The molecule has 0 spiro atoms. The molecular formula is C9H7F3N4. The molecule has 0 fully saturated rings. The van der Waals surface area contributed by atoms with Crippen molar-refractivity contribution in [3.63, 3.8) is 0 Å². The third-order valence-corrected chi connectivity index (χ3v) is 1.92. The van der Waals surface area contributed by atoms with Crippen LogP contribution in [0.25, 0.3) is 11.4 Å². The number of nitrogens with one attached hydrogen (secondary N) is 1. The maximum Gasteiger partial charge on any atom is 0.435 e. The van der Waals surface area contributed by atoms with Crippen molar-refractivity contribution in [3.8, 4) is 11.4 Å². The van der Waals surface area contributed by atoms with E-state index in [9.17, 15) is 13.2 Å². The number of halogens is 3. The summed E-state index contributed by atoms with van der Waals surface area (Å²) in [6.07, 6.45) is -2.97. The minimum absolute atomic E-state index is 0.220. The number of rotatable bonds is 1. The first-order valence-electron chi connectivity index (χ1n) is 4.39. The molecule has 0 aliphatic carbocycles. The van der Waals surface area contributed by atoms with E-state index in [1.807, 2.05) is 0 Å². The maximum absolute atomic E-state index is 12.3. The molecule has 0 bridgehead atoms. The predicted molar refractivity (Wildman–Crippen MR) is 49.4 cm³/mol. The molecule has 0 atom stereocenters. The number of H-pyrrole nitrogens is 1. The van der Waals surface area contributed by atoms with E-state index in [4.69, 9.17) is 0 Å². The lowest BCUT2D eigenvalue weighted by Gasteiger charge is -1.99. The molecule has 0 aliphatic heterocycles. The van der Waals surface area contributed by atoms with Crippen LogP contribution in [0.4, 0.5) is 13.2 Å². The zero-order valence-corrected chi connectivity index (χ0v) is 8.21. The molecule has 4 nitrogen and oxygen atoms in total. The number of hydrogen-bond donors (Lipinski definition) is 1. The van der Waals surface area contributed by atoms with Crippen LogP contribution in [-0.4, -0.2) is 20.2 Å². The van der Waals surface area contributed by atoms with Crippen LogP contribution in [0.5, 0.6) is 0 Å². The van der Waals surface area contributed by atoms with Crippen molar-refractivity contribution in [1.29, 1.82) is 0 Å². The Morgan fingerprint density at radius 3 is 2.62 bits per heavy atom. The van der Waals surface area contributed by atoms with Crippen LogP contribution in [0.2, 0.25) is 0 Å². The van der Waals surface area contributed by atoms with E-state index < -0.39 is 11.9 Å². The predicted octanol–water partition coefficient (Wildman–Crippen LogP) is 2.19. The lowest BCUT2D eigenvalue weighted by Crippen LogP contribution is -2.04. The van der Waals surface area contributed by atoms with Crippen molar-refractivity contribution in [2.45, 2.75) is 13.1 Å². The summed E-state index contributed by atoms with van der Waals surface area (Å²) >= 11 is 0. The summed E-state index contributed by atoms with van der Waals surface area (Å²) in [6, 6.07) is 2.43. The van der Waals surface area contributed by atoms with Crippen molar-refractivity contribution in [1.82, 2.24) is 20.2 Å². The van der Waals surface area contributed by atoms with Gasteiger partial charge < -0.3 is 0 Å². The minimum Gasteiger partial charge on any atom is -0.276 e. The third-order valence-electron chi connectivity index (χ3n) is 1.92. The SMILES string of the molecule is Cc1nccc(-c2cc(C(F)(F)F)n[nH]2)n1. The van der Waals surface area contributed by atoms with E-state index in [-0.39, 0.29) is 5.69 Å². The molecule has 2 aromatic heterocycles. The molecule has 16 heavy (non-hydrogen) atoms. The van der Waals surface area contributed by atoms with Crippen molar-refractivity contribution in [2.24, 2.45) is 0 Å². The molecular weight excluding hydrogens is 221 g/mol. The molecule has 2 aromatic rings. The highest BCUT2D eigenvalue weighted by atomic mass is 19.4. The quantitative estimate of drug-likeness (QED) is 0.813. The van der Waals surface area contributed by atoms with Gasteiger partial charge in [-0.1, -0.05) is 0 Å². The average molecular weight is 228 g/mol. The van der Waals surface area contributed by atoms with Crippen molar-refractivity contribution < 1.29 is 13.2 Å². The van der Waals surface area contributed by atoms with E-state index in [0.717, 1.165) is 6.07 Å². The molecule has 7 heteroatoms. The highest BCUT2D eigenvalue weighted by Crippen LogP contribution is 2.29. The second-order valence-electron chi connectivity index (χ2n) is 3.15. The number of aromatic amines is 1. The normalized spacial score (nSPS) is 11.8. The summed E-state index contributed by atoms with van der Waals surface area (Å²) in [5.41, 5.74) is -0.355. The van der Waals surface area contributed by atoms with Gasteiger partial charge in [0.1, 0.15) is 5.82 Å². The highest BCUT2D eigenvalue weighted by Gasteiger charge is 2.34. The van der Waals surface area contributed by atoms with E-state index in [0.29, 0.717) is 11.5 Å². The molecule has 1 N–H and O–H groups in total. The van der Waals surface area contributed by atoms with Gasteiger partial charge in [0.2, 0.25) is 0 Å². The van der Waals surface area contributed by atoms with E-state index in [2.05, 4.69) is 20.2 Å². The monoisotopic (exact) mass is 228 g/mol. The van der Waals surface area contributed by atoms with E-state index >= 15 is 0 Å². The standard InChI is InChI=1S/C9H7F3N4/c1-5-13-3-2-6(14-5)7-4-8(16-15-7)9(10,11)12/h2-4H,1H3,(H,15,16). The van der Waals surface area contributed by atoms with E-state index in [1.165, 1.54) is 12.3 Å². The Morgan fingerprint density at radius 1 is 1.31 bits per heavy atom. The Bertz CT molecular complexity index is 503. The van der Waals surface area contributed by atoms with Crippen molar-refractivity contribution in [3.05, 3.63) is 29.8 Å². The molecule has 2 heterocycles. The van der Waals surface area contributed by atoms with Crippen LogP contribution in [-0.2, 0) is 6.18 Å². The first kappa shape index (κ1) is 10.6. The van der Waals surface area contributed by atoms with E-state index in [1.54, 1.807) is 6.92 Å². The Kier molecular flexibility index (Phi) is 2.37. The summed E-state index contributed by atoms with van der Waals surface area (Å²) < 4.78 is 36.8. The van der Waals surface area contributed by atoms with Gasteiger partial charge in [-0.25, -0.2) is 9.97 Å². The van der Waals surface area contributed by atoms with Crippen LogP contribution in [0.1, 0.15) is 11.5 Å². The van der Waals surface area contributed by atoms with Gasteiger partial charge in [-0.3, -0.25) is 5.10 Å². The largest absolute Gasteiger partial charge is 0.435 e. The second-order valence-corrected chi connectivity index (χ2v) is 3.15. The number of hydrogen-bond acceptors (Lipinski definition) is 3. The van der Waals surface area contributed by atoms with Gasteiger partial charge in [-0.05, 0) is 19.1 Å². The topological polar surface area (TPSA) is 54.5 Å². The average Bonchev–Trinajstić information content (AvgIpc) is 2.65. The fourth-order valence-electron chi connectivity index (χ4n) is 1.20. The summed E-state index contributed by atoms with van der Waals surface area (Å²) in [4.78, 5) is 7.84. The zero-order valence-electron chi connectivity index (χ0n) is 8.21. The molecule has 0 saturated carbocycles. The smallest absolute Gasteiger partial charge is 0.276 e. The number of nitrogens with zero attached hydrogens (tertiary/aromatic N) is 3. The third kappa shape index (κ3) is 2.02. The van der Waals surface area contributed by atoms with Gasteiger partial charge in [-0.2, -0.15) is 18.3 Å². The molecule has 0 aromatic carbocycles. The van der Waals surface area contributed by atoms with Crippen molar-refractivity contribution >= 4 is 0 Å². The number of alkyl halides is 3. The fraction of sp³-hybridized carbons (Fsp3) is 0.222. The van der Waals surface area contributed by atoms with Crippen LogP contribution in [0, 0.1) is 6.92 Å². The van der Waals surface area contributed by atoms with Crippen LogP contribution in [0.15, 0.2) is 18.3 Å². The molecule has 84 valence electrons. The van der Waals surface area contributed by atoms with Crippen LogP contribution >= 0.6 is 0 Å². The molecule has 0 radical (unpaired) electrons. The highest BCUT2D eigenvalue weighted by molar-refractivity contribution is 5.53. The van der Waals surface area contributed by atoms with Gasteiger partial charge in [0.15, 0.2) is 5.69 Å². The Balaban J connectivity index is 2.39. The fourth-order valence-corrected chi connectivity index (χ4v) is 1.20. The maximum atomic E-state index is 12.3. The molecule has 2 rings (SSSR count). The molecule has 0 unspecified atom stereocenters. The van der Waals surface area contributed by atoms with Crippen LogP contribution in [0.3, 0.4) is 0 Å². The Hall–Kier alpha value is -1.92. The number of aryl methyl sites for hydroxylation is 1. The lowest BCUT2D eigenvalue weighted by molar-refractivity contribution is -0.141.